The Morgan fingerprint density at radius 3 is 2.74 bits per heavy atom. The highest BCUT2D eigenvalue weighted by molar-refractivity contribution is 5.97. The number of benzene rings is 2. The third kappa shape index (κ3) is 2.58. The first-order chi connectivity index (χ1) is 9.22. The number of hydrogen-bond donors (Lipinski definition) is 0. The number of ketones is 1. The Kier molecular flexibility index (Phi) is 3.16. The van der Waals surface area contributed by atoms with E-state index in [0.29, 0.717) is 0 Å². The Bertz CT molecular complexity index is 631. The zero-order valence-electron chi connectivity index (χ0n) is 10.7. The van der Waals surface area contributed by atoms with E-state index in [1.54, 1.807) is 12.1 Å². The molecular weight excluding hydrogens is 239 g/mol. The molecule has 1 aliphatic rings. The maximum absolute atomic E-state index is 13.1. The van der Waals surface area contributed by atoms with Gasteiger partial charge in [-0.1, -0.05) is 24.3 Å². The third-order valence-electron chi connectivity index (χ3n) is 3.67. The molecule has 2 aromatic carbocycles. The standard InChI is InChI=1S/C17H15FO/c18-16-6-1-3-12(9-16)10-17(19)15-8-7-13-4-2-5-14(13)11-15/h1,3,6-9,11H,2,4-5,10H2. The van der Waals surface area contributed by atoms with E-state index in [9.17, 15) is 9.18 Å². The summed E-state index contributed by atoms with van der Waals surface area (Å²) in [7, 11) is 0. The number of Topliss-reactive ketones (excluding diaryl/α,β-unsaturated/α-hetero) is 1. The predicted molar refractivity (Wildman–Crippen MR) is 72.9 cm³/mol. The van der Waals surface area contributed by atoms with Crippen LogP contribution in [0.15, 0.2) is 42.5 Å². The number of carbonyl (C=O) groups is 1. The van der Waals surface area contributed by atoms with Crippen LogP contribution in [0.3, 0.4) is 0 Å². The van der Waals surface area contributed by atoms with Gasteiger partial charge < -0.3 is 0 Å². The Morgan fingerprint density at radius 2 is 1.89 bits per heavy atom. The highest BCUT2D eigenvalue weighted by atomic mass is 19.1. The van der Waals surface area contributed by atoms with Gasteiger partial charge in [0, 0.05) is 12.0 Å². The minimum atomic E-state index is -0.292. The summed E-state index contributed by atoms with van der Waals surface area (Å²) in [5, 5.41) is 0. The minimum Gasteiger partial charge on any atom is -0.294 e. The summed E-state index contributed by atoms with van der Waals surface area (Å²) in [6, 6.07) is 12.2. The van der Waals surface area contributed by atoms with Crippen molar-refractivity contribution in [2.24, 2.45) is 0 Å². The molecule has 0 fully saturated rings. The second kappa shape index (κ2) is 4.96. The summed E-state index contributed by atoms with van der Waals surface area (Å²) in [6.45, 7) is 0. The molecule has 0 aliphatic heterocycles. The lowest BCUT2D eigenvalue weighted by atomic mass is 9.99. The molecule has 0 spiro atoms. The van der Waals surface area contributed by atoms with Crippen molar-refractivity contribution >= 4 is 5.78 Å². The topological polar surface area (TPSA) is 17.1 Å². The number of hydrogen-bond acceptors (Lipinski definition) is 1. The van der Waals surface area contributed by atoms with Crippen molar-refractivity contribution in [3.63, 3.8) is 0 Å². The van der Waals surface area contributed by atoms with Crippen LogP contribution in [-0.2, 0) is 19.3 Å². The van der Waals surface area contributed by atoms with E-state index in [4.69, 9.17) is 0 Å². The Balaban J connectivity index is 1.81. The lowest BCUT2D eigenvalue weighted by Gasteiger charge is -2.05. The number of carbonyl (C=O) groups excluding carboxylic acids is 1. The molecule has 2 aromatic rings. The maximum Gasteiger partial charge on any atom is 0.167 e. The molecule has 0 radical (unpaired) electrons. The highest BCUT2D eigenvalue weighted by Gasteiger charge is 2.14. The molecule has 0 saturated heterocycles. The summed E-state index contributed by atoms with van der Waals surface area (Å²) < 4.78 is 13.1. The first kappa shape index (κ1) is 12.1. The van der Waals surface area contributed by atoms with Crippen molar-refractivity contribution in [3.05, 3.63) is 70.5 Å². The van der Waals surface area contributed by atoms with E-state index < -0.39 is 0 Å². The largest absolute Gasteiger partial charge is 0.294 e. The molecule has 0 amide bonds. The third-order valence-corrected chi connectivity index (χ3v) is 3.67. The molecule has 1 nitrogen and oxygen atoms in total. The van der Waals surface area contributed by atoms with Crippen LogP contribution in [0.2, 0.25) is 0 Å². The average Bonchev–Trinajstić information content (AvgIpc) is 2.85. The Morgan fingerprint density at radius 1 is 1.05 bits per heavy atom. The lowest BCUT2D eigenvalue weighted by molar-refractivity contribution is 0.0993. The molecule has 0 saturated carbocycles. The highest BCUT2D eigenvalue weighted by Crippen LogP contribution is 2.23. The van der Waals surface area contributed by atoms with Crippen LogP contribution in [0.25, 0.3) is 0 Å². The molecule has 0 bridgehead atoms. The smallest absolute Gasteiger partial charge is 0.167 e. The van der Waals surface area contributed by atoms with Gasteiger partial charge in [-0.25, -0.2) is 4.39 Å². The van der Waals surface area contributed by atoms with Crippen molar-refractivity contribution in [3.8, 4) is 0 Å². The Labute approximate surface area is 112 Å². The van der Waals surface area contributed by atoms with Crippen LogP contribution in [0, 0.1) is 5.82 Å². The average molecular weight is 254 g/mol. The van der Waals surface area contributed by atoms with Gasteiger partial charge in [0.2, 0.25) is 0 Å². The van der Waals surface area contributed by atoms with Crippen molar-refractivity contribution in [2.75, 3.05) is 0 Å². The number of rotatable bonds is 3. The molecule has 0 heterocycles. The van der Waals surface area contributed by atoms with Gasteiger partial charge in [-0.2, -0.15) is 0 Å². The van der Waals surface area contributed by atoms with Crippen molar-refractivity contribution in [1.29, 1.82) is 0 Å². The van der Waals surface area contributed by atoms with Crippen LogP contribution < -0.4 is 0 Å². The van der Waals surface area contributed by atoms with E-state index in [0.717, 1.165) is 24.0 Å². The molecule has 0 unspecified atom stereocenters. The molecule has 1 aliphatic carbocycles. The van der Waals surface area contributed by atoms with Gasteiger partial charge in [-0.3, -0.25) is 4.79 Å². The van der Waals surface area contributed by atoms with Crippen molar-refractivity contribution in [1.82, 2.24) is 0 Å². The summed E-state index contributed by atoms with van der Waals surface area (Å²) in [5.74, 6) is -0.237. The molecule has 0 N–H and O–H groups in total. The minimum absolute atomic E-state index is 0.0558. The van der Waals surface area contributed by atoms with Crippen LogP contribution in [0.1, 0.15) is 33.5 Å². The van der Waals surface area contributed by atoms with Gasteiger partial charge in [-0.15, -0.1) is 0 Å². The summed E-state index contributed by atoms with van der Waals surface area (Å²) >= 11 is 0. The molecule has 2 heteroatoms. The molecule has 3 rings (SSSR count). The fourth-order valence-electron chi connectivity index (χ4n) is 2.68. The van der Waals surface area contributed by atoms with Crippen LogP contribution in [0.5, 0.6) is 0 Å². The summed E-state index contributed by atoms with van der Waals surface area (Å²) in [6.07, 6.45) is 3.62. The lowest BCUT2D eigenvalue weighted by Crippen LogP contribution is -2.04. The van der Waals surface area contributed by atoms with Crippen LogP contribution in [0.4, 0.5) is 4.39 Å². The monoisotopic (exact) mass is 254 g/mol. The first-order valence-electron chi connectivity index (χ1n) is 6.62. The normalized spacial score (nSPS) is 13.3. The molecule has 0 aromatic heterocycles. The van der Waals surface area contributed by atoms with E-state index in [-0.39, 0.29) is 18.0 Å². The Hall–Kier alpha value is -1.96. The van der Waals surface area contributed by atoms with E-state index in [1.807, 2.05) is 12.1 Å². The van der Waals surface area contributed by atoms with Crippen molar-refractivity contribution in [2.45, 2.75) is 25.7 Å². The van der Waals surface area contributed by atoms with Gasteiger partial charge in [-0.05, 0) is 54.2 Å². The molecular formula is C17H15FO. The molecule has 96 valence electrons. The molecule has 19 heavy (non-hydrogen) atoms. The summed E-state index contributed by atoms with van der Waals surface area (Å²) in [5.41, 5.74) is 4.13. The summed E-state index contributed by atoms with van der Waals surface area (Å²) in [4.78, 5) is 12.2. The van der Waals surface area contributed by atoms with Gasteiger partial charge in [0.1, 0.15) is 5.82 Å². The number of halogens is 1. The van der Waals surface area contributed by atoms with Gasteiger partial charge in [0.15, 0.2) is 5.78 Å². The SMILES string of the molecule is O=C(Cc1cccc(F)c1)c1ccc2c(c1)CCC2. The van der Waals surface area contributed by atoms with Gasteiger partial charge in [0.25, 0.3) is 0 Å². The second-order valence-electron chi connectivity index (χ2n) is 5.07. The quantitative estimate of drug-likeness (QED) is 0.763. The predicted octanol–water partition coefficient (Wildman–Crippen LogP) is 3.74. The van der Waals surface area contributed by atoms with E-state index >= 15 is 0 Å². The fraction of sp³-hybridized carbons (Fsp3) is 0.235. The fourth-order valence-corrected chi connectivity index (χ4v) is 2.68. The van der Waals surface area contributed by atoms with Crippen LogP contribution in [-0.4, -0.2) is 5.78 Å². The first-order valence-corrected chi connectivity index (χ1v) is 6.62. The van der Waals surface area contributed by atoms with Crippen molar-refractivity contribution < 1.29 is 9.18 Å². The zero-order valence-corrected chi connectivity index (χ0v) is 10.7. The second-order valence-corrected chi connectivity index (χ2v) is 5.07. The molecule has 0 atom stereocenters. The van der Waals surface area contributed by atoms with Gasteiger partial charge in [0.05, 0.1) is 0 Å². The van der Waals surface area contributed by atoms with E-state index in [2.05, 4.69) is 6.07 Å². The maximum atomic E-state index is 13.1. The number of aryl methyl sites for hydroxylation is 2. The van der Waals surface area contributed by atoms with Crippen LogP contribution >= 0.6 is 0 Å². The van der Waals surface area contributed by atoms with Gasteiger partial charge >= 0.3 is 0 Å². The van der Waals surface area contributed by atoms with E-state index in [1.165, 1.54) is 29.7 Å². The zero-order chi connectivity index (χ0) is 13.2. The number of fused-ring (bicyclic) bond motifs is 1.